The minimum Gasteiger partial charge on any atom is -0.457 e. The maximum absolute atomic E-state index is 12.3. The van der Waals surface area contributed by atoms with Crippen LogP contribution < -0.4 is 0 Å². The molecule has 0 aliphatic carbocycles. The molecule has 0 fully saturated rings. The molecule has 0 radical (unpaired) electrons. The highest BCUT2D eigenvalue weighted by molar-refractivity contribution is 9.11. The van der Waals surface area contributed by atoms with Crippen LogP contribution in [-0.2, 0) is 11.3 Å². The predicted octanol–water partition coefficient (Wildman–Crippen LogP) is 5.18. The lowest BCUT2D eigenvalue weighted by molar-refractivity contribution is 0.0403. The third-order valence-corrected chi connectivity index (χ3v) is 5.12. The van der Waals surface area contributed by atoms with Crippen molar-refractivity contribution in [2.24, 2.45) is 0 Å². The van der Waals surface area contributed by atoms with Crippen molar-refractivity contribution in [1.29, 1.82) is 0 Å². The third kappa shape index (κ3) is 3.47. The Labute approximate surface area is 160 Å². The van der Waals surface area contributed by atoms with E-state index in [2.05, 4.69) is 26.1 Å². The summed E-state index contributed by atoms with van der Waals surface area (Å²) in [6.07, 6.45) is 1.46. The Kier molecular flexibility index (Phi) is 4.68. The number of furan rings is 1. The molecule has 0 saturated carbocycles. The van der Waals surface area contributed by atoms with Crippen LogP contribution in [0.1, 0.15) is 16.4 Å². The van der Waals surface area contributed by atoms with Crippen LogP contribution in [0.5, 0.6) is 0 Å². The molecule has 130 valence electrons. The van der Waals surface area contributed by atoms with Gasteiger partial charge in [-0.25, -0.2) is 4.79 Å². The molecule has 8 heteroatoms. The van der Waals surface area contributed by atoms with Gasteiger partial charge in [-0.3, -0.25) is 0 Å². The van der Waals surface area contributed by atoms with Crippen LogP contribution in [0.4, 0.5) is 0 Å². The van der Waals surface area contributed by atoms with Crippen molar-refractivity contribution in [3.63, 3.8) is 0 Å². The molecule has 0 bridgehead atoms. The van der Waals surface area contributed by atoms with Crippen molar-refractivity contribution in [1.82, 2.24) is 10.2 Å². The van der Waals surface area contributed by atoms with Crippen molar-refractivity contribution in [3.05, 3.63) is 70.2 Å². The Balaban J connectivity index is 1.45. The van der Waals surface area contributed by atoms with Crippen LogP contribution in [0.3, 0.4) is 0 Å². The number of rotatable bonds is 5. The summed E-state index contributed by atoms with van der Waals surface area (Å²) in [5.41, 5.74) is 1.54. The number of esters is 1. The summed E-state index contributed by atoms with van der Waals surface area (Å²) in [7, 11) is 0. The highest BCUT2D eigenvalue weighted by atomic mass is 79.9. The second-order valence-corrected chi connectivity index (χ2v) is 7.67. The van der Waals surface area contributed by atoms with Crippen LogP contribution >= 0.6 is 27.3 Å². The number of hydrogen-bond acceptors (Lipinski definition) is 7. The summed E-state index contributed by atoms with van der Waals surface area (Å²) in [5.74, 6) is 0.144. The number of carbonyl (C=O) groups is 1. The van der Waals surface area contributed by atoms with E-state index in [1.165, 1.54) is 17.6 Å². The van der Waals surface area contributed by atoms with Crippen molar-refractivity contribution in [2.45, 2.75) is 6.61 Å². The maximum atomic E-state index is 12.3. The molecule has 0 aliphatic rings. The fraction of sp³-hybridized carbons (Fsp3) is 0.0556. The summed E-state index contributed by atoms with van der Waals surface area (Å²) in [5, 5.41) is 7.87. The van der Waals surface area contributed by atoms with Gasteiger partial charge in [0.25, 0.3) is 11.8 Å². The number of aromatic nitrogens is 2. The number of nitrogens with zero attached hydrogens (tertiary/aromatic N) is 2. The average molecular weight is 431 g/mol. The minimum atomic E-state index is -0.590. The first kappa shape index (κ1) is 16.7. The Hall–Kier alpha value is -2.71. The zero-order valence-corrected chi connectivity index (χ0v) is 15.6. The van der Waals surface area contributed by atoms with Gasteiger partial charge in [-0.2, -0.15) is 0 Å². The van der Waals surface area contributed by atoms with Crippen molar-refractivity contribution in [3.8, 4) is 21.9 Å². The van der Waals surface area contributed by atoms with E-state index in [0.29, 0.717) is 11.5 Å². The van der Waals surface area contributed by atoms with Crippen LogP contribution in [0.2, 0.25) is 0 Å². The fourth-order valence-electron chi connectivity index (χ4n) is 2.35. The molecule has 3 heterocycles. The van der Waals surface area contributed by atoms with E-state index >= 15 is 0 Å². The molecule has 0 spiro atoms. The van der Waals surface area contributed by atoms with E-state index in [1.807, 2.05) is 42.5 Å². The highest BCUT2D eigenvalue weighted by Gasteiger charge is 2.19. The van der Waals surface area contributed by atoms with Crippen LogP contribution in [-0.4, -0.2) is 16.2 Å². The van der Waals surface area contributed by atoms with Gasteiger partial charge in [-0.15, -0.1) is 21.5 Å². The van der Waals surface area contributed by atoms with Gasteiger partial charge in [0.1, 0.15) is 0 Å². The van der Waals surface area contributed by atoms with Gasteiger partial charge in [-0.1, -0.05) is 30.3 Å². The second kappa shape index (κ2) is 7.27. The molecule has 0 amide bonds. The first-order chi connectivity index (χ1) is 12.7. The van der Waals surface area contributed by atoms with Gasteiger partial charge in [0, 0.05) is 5.56 Å². The van der Waals surface area contributed by atoms with Crippen molar-refractivity contribution < 1.29 is 18.4 Å². The molecule has 0 aliphatic heterocycles. The minimum absolute atomic E-state index is 0.132. The van der Waals surface area contributed by atoms with Gasteiger partial charge >= 0.3 is 5.97 Å². The lowest BCUT2D eigenvalue weighted by Crippen LogP contribution is -2.05. The molecule has 3 aromatic heterocycles. The molecule has 4 aromatic rings. The largest absolute Gasteiger partial charge is 0.457 e. The lowest BCUT2D eigenvalue weighted by atomic mass is 10.1. The maximum Gasteiger partial charge on any atom is 0.375 e. The molecule has 4 rings (SSSR count). The fourth-order valence-corrected chi connectivity index (χ4v) is 3.65. The van der Waals surface area contributed by atoms with E-state index in [1.54, 1.807) is 6.07 Å². The third-order valence-electron chi connectivity index (χ3n) is 3.51. The normalized spacial score (nSPS) is 10.8. The summed E-state index contributed by atoms with van der Waals surface area (Å²) in [6.45, 7) is -0.132. The number of ether oxygens (including phenoxy) is 1. The number of carbonyl (C=O) groups excluding carboxylic acids is 1. The van der Waals surface area contributed by atoms with E-state index in [0.717, 1.165) is 14.2 Å². The Bertz CT molecular complexity index is 1040. The average Bonchev–Trinajstić information content (AvgIpc) is 3.40. The van der Waals surface area contributed by atoms with Crippen LogP contribution in [0.25, 0.3) is 21.9 Å². The van der Waals surface area contributed by atoms with Crippen molar-refractivity contribution in [2.75, 3.05) is 0 Å². The van der Waals surface area contributed by atoms with E-state index in [-0.39, 0.29) is 18.3 Å². The zero-order valence-electron chi connectivity index (χ0n) is 13.2. The van der Waals surface area contributed by atoms with E-state index in [9.17, 15) is 4.79 Å². The Morgan fingerprint density at radius 1 is 1.12 bits per heavy atom. The second-order valence-electron chi connectivity index (χ2n) is 5.21. The molecular weight excluding hydrogens is 420 g/mol. The molecule has 0 saturated heterocycles. The van der Waals surface area contributed by atoms with Crippen LogP contribution in [0.15, 0.2) is 67.4 Å². The Morgan fingerprint density at radius 2 is 1.96 bits per heavy atom. The summed E-state index contributed by atoms with van der Waals surface area (Å²) in [6, 6.07) is 15.0. The monoisotopic (exact) mass is 430 g/mol. The van der Waals surface area contributed by atoms with Crippen LogP contribution in [0, 0.1) is 0 Å². The Morgan fingerprint density at radius 3 is 2.73 bits per heavy atom. The number of halogens is 1. The molecule has 26 heavy (non-hydrogen) atoms. The molecular formula is C18H11BrN2O4S. The summed E-state index contributed by atoms with van der Waals surface area (Å²) < 4.78 is 17.0. The number of benzene rings is 1. The number of thiophene rings is 1. The standard InChI is InChI=1S/C18H11BrN2O4S/c19-14-7-6-13(26-14)17-21-20-15(25-17)10-24-18(22)16-12(8-9-23-16)11-4-2-1-3-5-11/h1-9H,10H2. The van der Waals surface area contributed by atoms with Gasteiger partial charge in [0.15, 0.2) is 6.61 Å². The van der Waals surface area contributed by atoms with Gasteiger partial charge in [-0.05, 0) is 39.7 Å². The van der Waals surface area contributed by atoms with Gasteiger partial charge in [0.2, 0.25) is 5.76 Å². The summed E-state index contributed by atoms with van der Waals surface area (Å²) in [4.78, 5) is 13.2. The molecule has 0 atom stereocenters. The first-order valence-electron chi connectivity index (χ1n) is 7.59. The zero-order chi connectivity index (χ0) is 17.9. The smallest absolute Gasteiger partial charge is 0.375 e. The molecule has 6 nitrogen and oxygen atoms in total. The first-order valence-corrected chi connectivity index (χ1v) is 9.20. The molecule has 1 aromatic carbocycles. The number of hydrogen-bond donors (Lipinski definition) is 0. The summed E-state index contributed by atoms with van der Waals surface area (Å²) >= 11 is 4.86. The van der Waals surface area contributed by atoms with Gasteiger partial charge < -0.3 is 13.6 Å². The van der Waals surface area contributed by atoms with E-state index in [4.69, 9.17) is 13.6 Å². The molecule has 0 N–H and O–H groups in total. The molecule has 0 unspecified atom stereocenters. The predicted molar refractivity (Wildman–Crippen MR) is 98.6 cm³/mol. The SMILES string of the molecule is O=C(OCc1nnc(-c2ccc(Br)s2)o1)c1occc1-c1ccccc1. The highest BCUT2D eigenvalue weighted by Crippen LogP contribution is 2.30. The quantitative estimate of drug-likeness (QED) is 0.406. The van der Waals surface area contributed by atoms with Crippen molar-refractivity contribution >= 4 is 33.2 Å². The lowest BCUT2D eigenvalue weighted by Gasteiger charge is -2.03. The van der Waals surface area contributed by atoms with Gasteiger partial charge in [0.05, 0.1) is 14.9 Å². The van der Waals surface area contributed by atoms with E-state index < -0.39 is 5.97 Å². The topological polar surface area (TPSA) is 78.4 Å².